The number of piperazine rings is 1. The van der Waals surface area contributed by atoms with Crippen LogP contribution in [0.5, 0.6) is 0 Å². The van der Waals surface area contributed by atoms with E-state index in [4.69, 9.17) is 0 Å². The van der Waals surface area contributed by atoms with Crippen LogP contribution in [0.2, 0.25) is 0 Å². The van der Waals surface area contributed by atoms with Gasteiger partial charge in [-0.1, -0.05) is 60.7 Å². The predicted octanol–water partition coefficient (Wildman–Crippen LogP) is 3.29. The van der Waals surface area contributed by atoms with Gasteiger partial charge in [-0.05, 0) is 45.8 Å². The summed E-state index contributed by atoms with van der Waals surface area (Å²) in [5, 5.41) is 12.2. The van der Waals surface area contributed by atoms with Gasteiger partial charge in [0.2, 0.25) is 0 Å². The average Bonchev–Trinajstić information content (AvgIpc) is 3.33. The molecule has 1 aromatic heterocycles. The van der Waals surface area contributed by atoms with Gasteiger partial charge in [0.15, 0.2) is 5.82 Å². The largest absolute Gasteiger partial charge is 0.336 e. The van der Waals surface area contributed by atoms with Crippen molar-refractivity contribution in [3.8, 4) is 16.8 Å². The fraction of sp³-hybridized carbons (Fsp3) is 0.200. The molecule has 4 aromatic rings. The van der Waals surface area contributed by atoms with E-state index in [1.54, 1.807) is 4.68 Å². The summed E-state index contributed by atoms with van der Waals surface area (Å²) in [6.45, 7) is 3.60. The zero-order valence-electron chi connectivity index (χ0n) is 17.7. The van der Waals surface area contributed by atoms with E-state index < -0.39 is 0 Å². The van der Waals surface area contributed by atoms with E-state index in [9.17, 15) is 4.79 Å². The smallest absolute Gasteiger partial charge is 0.253 e. The Hall–Kier alpha value is -3.84. The number of aromatic nitrogens is 4. The molecule has 32 heavy (non-hydrogen) atoms. The number of hydrogen-bond acceptors (Lipinski definition) is 5. The zero-order valence-corrected chi connectivity index (χ0v) is 17.7. The molecule has 160 valence electrons. The molecule has 0 bridgehead atoms. The van der Waals surface area contributed by atoms with Crippen LogP contribution in [-0.4, -0.2) is 62.1 Å². The molecule has 5 rings (SSSR count). The van der Waals surface area contributed by atoms with E-state index in [2.05, 4.69) is 32.6 Å². The Bertz CT molecular complexity index is 1170. The van der Waals surface area contributed by atoms with Crippen molar-refractivity contribution in [1.29, 1.82) is 0 Å². The molecule has 2 heterocycles. The first-order valence-corrected chi connectivity index (χ1v) is 10.8. The van der Waals surface area contributed by atoms with E-state index in [1.807, 2.05) is 77.7 Å². The van der Waals surface area contributed by atoms with Crippen molar-refractivity contribution in [3.05, 3.63) is 96.3 Å². The summed E-state index contributed by atoms with van der Waals surface area (Å²) >= 11 is 0. The molecule has 0 saturated carbocycles. The Kier molecular flexibility index (Phi) is 5.72. The fourth-order valence-corrected chi connectivity index (χ4v) is 4.00. The number of carbonyl (C=O) groups is 1. The third kappa shape index (κ3) is 4.29. The van der Waals surface area contributed by atoms with Crippen LogP contribution in [-0.2, 0) is 6.54 Å². The normalized spacial score (nSPS) is 14.4. The van der Waals surface area contributed by atoms with Gasteiger partial charge in [0.25, 0.3) is 5.91 Å². The van der Waals surface area contributed by atoms with Gasteiger partial charge < -0.3 is 4.90 Å². The number of carbonyl (C=O) groups excluding carboxylic acids is 1. The van der Waals surface area contributed by atoms with E-state index in [1.165, 1.54) is 0 Å². The molecule has 0 unspecified atom stereocenters. The first-order chi connectivity index (χ1) is 15.8. The Morgan fingerprint density at radius 3 is 2.06 bits per heavy atom. The average molecular weight is 425 g/mol. The summed E-state index contributed by atoms with van der Waals surface area (Å²) in [6, 6.07) is 27.9. The van der Waals surface area contributed by atoms with Crippen LogP contribution >= 0.6 is 0 Å². The van der Waals surface area contributed by atoms with Gasteiger partial charge in [0, 0.05) is 31.7 Å². The Labute approximate surface area is 186 Å². The van der Waals surface area contributed by atoms with Crippen molar-refractivity contribution < 1.29 is 4.79 Å². The second kappa shape index (κ2) is 9.11. The maximum Gasteiger partial charge on any atom is 0.253 e. The SMILES string of the molecule is O=C(c1ccc(-c2ccccc2)cc1)N1CCN(Cc2nnnn2-c2ccccc2)CC1. The standard InChI is InChI=1S/C25H24N6O/c32-25(22-13-11-21(12-14-22)20-7-3-1-4-8-20)30-17-15-29(16-18-30)19-24-26-27-28-31(24)23-9-5-2-6-10-23/h1-14H,15-19H2. The van der Waals surface area contributed by atoms with Crippen molar-refractivity contribution in [2.45, 2.75) is 6.54 Å². The molecule has 1 saturated heterocycles. The third-order valence-corrected chi connectivity index (χ3v) is 5.80. The number of benzene rings is 3. The van der Waals surface area contributed by atoms with Gasteiger partial charge in [-0.3, -0.25) is 9.69 Å². The van der Waals surface area contributed by atoms with Crippen molar-refractivity contribution in [2.24, 2.45) is 0 Å². The van der Waals surface area contributed by atoms with Gasteiger partial charge in [0.1, 0.15) is 0 Å². The van der Waals surface area contributed by atoms with Crippen LogP contribution in [0, 0.1) is 0 Å². The fourth-order valence-electron chi connectivity index (χ4n) is 4.00. The highest BCUT2D eigenvalue weighted by molar-refractivity contribution is 5.94. The molecule has 7 nitrogen and oxygen atoms in total. The number of hydrogen-bond donors (Lipinski definition) is 0. The Balaban J connectivity index is 1.19. The van der Waals surface area contributed by atoms with Crippen LogP contribution in [0.3, 0.4) is 0 Å². The molecule has 3 aromatic carbocycles. The van der Waals surface area contributed by atoms with Crippen molar-refractivity contribution >= 4 is 5.91 Å². The second-order valence-corrected chi connectivity index (χ2v) is 7.85. The minimum Gasteiger partial charge on any atom is -0.336 e. The molecule has 0 N–H and O–H groups in total. The quantitative estimate of drug-likeness (QED) is 0.492. The molecule has 0 spiro atoms. The summed E-state index contributed by atoms with van der Waals surface area (Å²) in [7, 11) is 0. The summed E-state index contributed by atoms with van der Waals surface area (Å²) in [5.74, 6) is 0.880. The maximum absolute atomic E-state index is 13.0. The number of nitrogens with zero attached hydrogens (tertiary/aromatic N) is 6. The summed E-state index contributed by atoms with van der Waals surface area (Å²) in [4.78, 5) is 17.2. The van der Waals surface area contributed by atoms with E-state index in [0.29, 0.717) is 19.6 Å². The van der Waals surface area contributed by atoms with Crippen LogP contribution < -0.4 is 0 Å². The molecular formula is C25H24N6O. The van der Waals surface area contributed by atoms with Gasteiger partial charge in [0.05, 0.1) is 12.2 Å². The van der Waals surface area contributed by atoms with Gasteiger partial charge in [-0.15, -0.1) is 5.10 Å². The molecule has 0 atom stereocenters. The maximum atomic E-state index is 13.0. The number of rotatable bonds is 5. The summed E-state index contributed by atoms with van der Waals surface area (Å²) in [6.07, 6.45) is 0. The van der Waals surface area contributed by atoms with Gasteiger partial charge >= 0.3 is 0 Å². The molecule has 1 aliphatic heterocycles. The second-order valence-electron chi connectivity index (χ2n) is 7.85. The van der Waals surface area contributed by atoms with Crippen LogP contribution in [0.25, 0.3) is 16.8 Å². The molecule has 0 radical (unpaired) electrons. The lowest BCUT2D eigenvalue weighted by Crippen LogP contribution is -2.48. The molecule has 7 heteroatoms. The van der Waals surface area contributed by atoms with Crippen molar-refractivity contribution in [2.75, 3.05) is 26.2 Å². The minimum absolute atomic E-state index is 0.0818. The number of para-hydroxylation sites is 1. The zero-order chi connectivity index (χ0) is 21.8. The summed E-state index contributed by atoms with van der Waals surface area (Å²) in [5.41, 5.74) is 3.94. The molecular weight excluding hydrogens is 400 g/mol. The van der Waals surface area contributed by atoms with Crippen LogP contribution in [0.15, 0.2) is 84.9 Å². The Morgan fingerprint density at radius 1 is 0.750 bits per heavy atom. The molecule has 1 amide bonds. The highest BCUT2D eigenvalue weighted by Gasteiger charge is 2.23. The van der Waals surface area contributed by atoms with Crippen molar-refractivity contribution in [1.82, 2.24) is 30.0 Å². The van der Waals surface area contributed by atoms with Crippen LogP contribution in [0.1, 0.15) is 16.2 Å². The highest BCUT2D eigenvalue weighted by atomic mass is 16.2. The van der Waals surface area contributed by atoms with Gasteiger partial charge in [-0.25, -0.2) is 0 Å². The Morgan fingerprint density at radius 2 is 1.38 bits per heavy atom. The lowest BCUT2D eigenvalue weighted by atomic mass is 10.0. The molecule has 1 fully saturated rings. The number of tetrazole rings is 1. The molecule has 1 aliphatic rings. The van der Waals surface area contributed by atoms with E-state index >= 15 is 0 Å². The minimum atomic E-state index is 0.0818. The van der Waals surface area contributed by atoms with Gasteiger partial charge in [-0.2, -0.15) is 4.68 Å². The summed E-state index contributed by atoms with van der Waals surface area (Å²) < 4.78 is 1.77. The molecule has 0 aliphatic carbocycles. The van der Waals surface area contributed by atoms with Crippen LogP contribution in [0.4, 0.5) is 0 Å². The van der Waals surface area contributed by atoms with E-state index in [-0.39, 0.29) is 5.91 Å². The first kappa shape index (κ1) is 20.1. The first-order valence-electron chi connectivity index (χ1n) is 10.8. The topological polar surface area (TPSA) is 67.2 Å². The monoisotopic (exact) mass is 424 g/mol. The number of amides is 1. The lowest BCUT2D eigenvalue weighted by molar-refractivity contribution is 0.0624. The highest BCUT2D eigenvalue weighted by Crippen LogP contribution is 2.20. The lowest BCUT2D eigenvalue weighted by Gasteiger charge is -2.34. The predicted molar refractivity (Wildman–Crippen MR) is 122 cm³/mol. The van der Waals surface area contributed by atoms with Crippen molar-refractivity contribution in [3.63, 3.8) is 0 Å². The van der Waals surface area contributed by atoms with E-state index in [0.717, 1.165) is 41.3 Å². The third-order valence-electron chi connectivity index (χ3n) is 5.80.